The van der Waals surface area contributed by atoms with Crippen LogP contribution in [0, 0.1) is 6.92 Å². The highest BCUT2D eigenvalue weighted by molar-refractivity contribution is 7.43. The number of hydrogen-bond acceptors (Lipinski definition) is 7. The van der Waals surface area contributed by atoms with E-state index in [1.807, 2.05) is 135 Å². The van der Waals surface area contributed by atoms with Gasteiger partial charge < -0.3 is 26.5 Å². The van der Waals surface area contributed by atoms with Crippen LogP contribution in [-0.2, 0) is 6.42 Å². The van der Waals surface area contributed by atoms with Gasteiger partial charge >= 0.3 is 16.8 Å². The summed E-state index contributed by atoms with van der Waals surface area (Å²) in [6, 6.07) is 49.8. The fourth-order valence-electron chi connectivity index (χ4n) is 8.72. The van der Waals surface area contributed by atoms with E-state index in [0.29, 0.717) is 51.9 Å². The fourth-order valence-corrected chi connectivity index (χ4v) is 10.8. The number of fused-ring (bicyclic) bond motifs is 9. The van der Waals surface area contributed by atoms with Gasteiger partial charge in [-0.1, -0.05) is 140 Å². The second-order valence-electron chi connectivity index (χ2n) is 15.7. The van der Waals surface area contributed by atoms with Gasteiger partial charge in [-0.05, 0) is 124 Å². The zero-order chi connectivity index (χ0) is 43.1. The molecule has 312 valence electrons. The van der Waals surface area contributed by atoms with E-state index in [1.54, 1.807) is 12.1 Å². The lowest BCUT2D eigenvalue weighted by Crippen LogP contribution is -2.17. The molecule has 0 bridgehead atoms. The van der Waals surface area contributed by atoms with Crippen molar-refractivity contribution in [2.45, 2.75) is 26.7 Å². The van der Waals surface area contributed by atoms with E-state index in [2.05, 4.69) is 48.6 Å². The molecule has 64 heavy (non-hydrogen) atoms. The molecule has 8 aromatic carbocycles. The third kappa shape index (κ3) is 7.33. The monoisotopic (exact) mass is 874 g/mol. The summed E-state index contributed by atoms with van der Waals surface area (Å²) < 4.78 is 40.1. The molecular formula is C55H40O7P2. The van der Waals surface area contributed by atoms with Crippen molar-refractivity contribution in [2.24, 2.45) is 0 Å². The van der Waals surface area contributed by atoms with Crippen LogP contribution in [0.25, 0.3) is 54.9 Å². The lowest BCUT2D eigenvalue weighted by Gasteiger charge is -2.24. The van der Waals surface area contributed by atoms with Crippen LogP contribution in [0.4, 0.5) is 0 Å². The molecule has 2 aliphatic rings. The quantitative estimate of drug-likeness (QED) is 0.134. The SMILES string of the molecule is C/C=C\C=C1/CC=Cc2op(Oc3cccc4c3C(=O)c3c(cccc3OP(Oc3ccc5ccccc5c3)Oc3ccc5ccccc5c3C)C4)oc3ccc4ccccc4c3c21. The van der Waals surface area contributed by atoms with E-state index in [0.717, 1.165) is 72.0 Å². The van der Waals surface area contributed by atoms with Gasteiger partial charge in [0.05, 0.1) is 11.1 Å². The minimum Gasteiger partial charge on any atom is -0.408 e. The molecule has 0 N–H and O–H groups in total. The highest BCUT2D eigenvalue weighted by Gasteiger charge is 2.33. The molecule has 0 radical (unpaired) electrons. The number of hydrogen-bond donors (Lipinski definition) is 0. The Bertz CT molecular complexity index is 3470. The molecule has 0 aliphatic heterocycles. The van der Waals surface area contributed by atoms with Gasteiger partial charge in [0, 0.05) is 10.9 Å². The lowest BCUT2D eigenvalue weighted by molar-refractivity contribution is 0.103. The molecule has 2 aliphatic carbocycles. The minimum atomic E-state index is -2.14. The third-order valence-electron chi connectivity index (χ3n) is 11.8. The van der Waals surface area contributed by atoms with Crippen molar-refractivity contribution in [1.29, 1.82) is 0 Å². The molecule has 0 spiro atoms. The predicted octanol–water partition coefficient (Wildman–Crippen LogP) is 16.0. The largest absolute Gasteiger partial charge is 0.530 e. The van der Waals surface area contributed by atoms with Gasteiger partial charge in [-0.15, -0.1) is 0 Å². The number of aryl methyl sites for hydroxylation is 1. The van der Waals surface area contributed by atoms with Crippen molar-refractivity contribution < 1.29 is 31.3 Å². The number of ketones is 1. The Kier molecular flexibility index (Phi) is 10.4. The van der Waals surface area contributed by atoms with Gasteiger partial charge in [-0.25, -0.2) is 0 Å². The topological polar surface area (TPSA) is 80.3 Å². The molecule has 2 atom stereocenters. The molecular weight excluding hydrogens is 835 g/mol. The Labute approximate surface area is 372 Å². The molecule has 1 aromatic heterocycles. The van der Waals surface area contributed by atoms with Gasteiger partial charge in [-0.3, -0.25) is 4.79 Å². The van der Waals surface area contributed by atoms with Crippen molar-refractivity contribution in [2.75, 3.05) is 0 Å². The fraction of sp³-hybridized carbons (Fsp3) is 0.0727. The second kappa shape index (κ2) is 16.8. The summed E-state index contributed by atoms with van der Waals surface area (Å²) in [6.07, 6.45) is 11.5. The summed E-state index contributed by atoms with van der Waals surface area (Å²) >= 11 is 0. The zero-order valence-electron chi connectivity index (χ0n) is 35.0. The first-order valence-corrected chi connectivity index (χ1v) is 23.4. The molecule has 1 heterocycles. The van der Waals surface area contributed by atoms with Crippen molar-refractivity contribution in [3.8, 4) is 23.0 Å². The smallest absolute Gasteiger partial charge is 0.408 e. The molecule has 9 heteroatoms. The molecule has 9 aromatic rings. The summed E-state index contributed by atoms with van der Waals surface area (Å²) in [5.74, 6) is 2.33. The number of carbonyl (C=O) groups excluding carboxylic acids is 1. The van der Waals surface area contributed by atoms with E-state index < -0.39 is 16.8 Å². The van der Waals surface area contributed by atoms with Crippen molar-refractivity contribution in [3.05, 3.63) is 215 Å². The van der Waals surface area contributed by atoms with Gasteiger partial charge in [0.1, 0.15) is 34.3 Å². The van der Waals surface area contributed by atoms with Crippen LogP contribution in [0.15, 0.2) is 184 Å². The maximum Gasteiger partial charge on any atom is 0.530 e. The Balaban J connectivity index is 0.983. The van der Waals surface area contributed by atoms with E-state index in [-0.39, 0.29) is 5.78 Å². The van der Waals surface area contributed by atoms with Crippen LogP contribution < -0.4 is 18.1 Å². The van der Waals surface area contributed by atoms with E-state index in [9.17, 15) is 0 Å². The Hall–Kier alpha value is -7.30. The van der Waals surface area contributed by atoms with Crippen LogP contribution in [0.5, 0.6) is 23.0 Å². The normalized spacial score (nSPS) is 14.4. The van der Waals surface area contributed by atoms with Gasteiger partial charge in [0.25, 0.3) is 0 Å². The van der Waals surface area contributed by atoms with Crippen molar-refractivity contribution in [3.63, 3.8) is 0 Å². The lowest BCUT2D eigenvalue weighted by atomic mass is 9.84. The standard InChI is InChI=1S/C55H40O7P2/c1-3-4-14-39-19-11-24-47-51(39)54-45-23-10-8-17-38(45)29-32-50(54)62-64(59-47)61-49-26-13-21-42-33-41-20-12-25-48(52(41)55(56)53(42)49)60-63(57-43-30-27-36-15-5-6-18-40(36)34-43)58-46-31-28-37-16-7-9-22-44(37)35(46)2/h3-18,20-32,34H,19,33H2,1-2H3/b4-3-,39-14+. The first kappa shape index (κ1) is 39.5. The third-order valence-corrected chi connectivity index (χ3v) is 13.9. The maximum absolute atomic E-state index is 15.1. The predicted molar refractivity (Wildman–Crippen MR) is 259 cm³/mol. The minimum absolute atomic E-state index is 0.241. The van der Waals surface area contributed by atoms with Gasteiger partial charge in [-0.2, -0.15) is 0 Å². The molecule has 0 saturated heterocycles. The molecule has 7 nitrogen and oxygen atoms in total. The number of benzene rings is 8. The molecule has 0 saturated carbocycles. The summed E-state index contributed by atoms with van der Waals surface area (Å²) in [4.78, 5) is 15.1. The zero-order valence-corrected chi connectivity index (χ0v) is 36.8. The van der Waals surface area contributed by atoms with Crippen LogP contribution in [0.2, 0.25) is 0 Å². The Morgan fingerprint density at radius 3 is 2.11 bits per heavy atom. The molecule has 0 amide bonds. The highest BCUT2D eigenvalue weighted by Crippen LogP contribution is 2.49. The highest BCUT2D eigenvalue weighted by atomic mass is 31.2. The summed E-state index contributed by atoms with van der Waals surface area (Å²) in [6.45, 7) is 4.03. The maximum atomic E-state index is 15.1. The van der Waals surface area contributed by atoms with Crippen molar-refractivity contribution >= 4 is 77.6 Å². The van der Waals surface area contributed by atoms with E-state index in [1.165, 1.54) is 0 Å². The number of carbonyl (C=O) groups is 1. The average Bonchev–Trinajstić information content (AvgIpc) is 3.48. The first-order chi connectivity index (χ1) is 31.5. The van der Waals surface area contributed by atoms with Crippen LogP contribution in [0.3, 0.4) is 0 Å². The number of rotatable bonds is 9. The van der Waals surface area contributed by atoms with Crippen LogP contribution in [0.1, 0.15) is 57.3 Å². The summed E-state index contributed by atoms with van der Waals surface area (Å²) in [5.41, 5.74) is 6.18. The van der Waals surface area contributed by atoms with E-state index in [4.69, 9.17) is 26.5 Å². The molecule has 11 rings (SSSR count). The van der Waals surface area contributed by atoms with Crippen LogP contribution in [-0.4, -0.2) is 5.78 Å². The Morgan fingerprint density at radius 1 is 0.625 bits per heavy atom. The number of allylic oxidation sites excluding steroid dienone is 5. The van der Waals surface area contributed by atoms with Gasteiger partial charge in [0.2, 0.25) is 5.78 Å². The summed E-state index contributed by atoms with van der Waals surface area (Å²) in [7, 11) is -4.21. The average molecular weight is 875 g/mol. The van der Waals surface area contributed by atoms with Crippen molar-refractivity contribution in [1.82, 2.24) is 0 Å². The molecule has 2 unspecified atom stereocenters. The first-order valence-electron chi connectivity index (χ1n) is 21.2. The second-order valence-corrected chi connectivity index (χ2v) is 17.7. The van der Waals surface area contributed by atoms with Gasteiger partial charge in [0.15, 0.2) is 0 Å². The summed E-state index contributed by atoms with van der Waals surface area (Å²) in [5, 5.41) is 7.36. The molecule has 0 fully saturated rings. The van der Waals surface area contributed by atoms with Crippen LogP contribution >= 0.6 is 16.8 Å². The Morgan fingerprint density at radius 2 is 1.30 bits per heavy atom. The van der Waals surface area contributed by atoms with E-state index >= 15 is 4.79 Å².